The van der Waals surface area contributed by atoms with Gasteiger partial charge in [-0.2, -0.15) is 10.5 Å². The first-order chi connectivity index (χ1) is 13.9. The summed E-state index contributed by atoms with van der Waals surface area (Å²) < 4.78 is 11.5. The number of carbonyl (C=O) groups is 1. The van der Waals surface area contributed by atoms with Crippen LogP contribution in [-0.4, -0.2) is 31.5 Å². The zero-order valence-electron chi connectivity index (χ0n) is 16.4. The van der Waals surface area contributed by atoms with Crippen LogP contribution in [0.3, 0.4) is 0 Å². The van der Waals surface area contributed by atoms with Gasteiger partial charge in [0, 0.05) is 19.7 Å². The zero-order chi connectivity index (χ0) is 21.4. The Kier molecular flexibility index (Phi) is 7.65. The summed E-state index contributed by atoms with van der Waals surface area (Å²) in [5, 5.41) is 18.8. The first kappa shape index (κ1) is 21.8. The number of nitriles is 2. The van der Waals surface area contributed by atoms with Gasteiger partial charge in [-0.05, 0) is 36.8 Å². The minimum absolute atomic E-state index is 0.0230. The minimum Gasteiger partial charge on any atom is -0.490 e. The Morgan fingerprint density at radius 1 is 1.21 bits per heavy atom. The summed E-state index contributed by atoms with van der Waals surface area (Å²) in [4.78, 5) is 13.4. The lowest BCUT2D eigenvalue weighted by Gasteiger charge is -2.15. The molecule has 0 saturated carbocycles. The molecule has 0 radical (unpaired) electrons. The fraction of sp³-hybridized carbons (Fsp3) is 0.227. The van der Waals surface area contributed by atoms with Gasteiger partial charge in [-0.1, -0.05) is 29.8 Å². The number of rotatable bonds is 7. The summed E-state index contributed by atoms with van der Waals surface area (Å²) in [5.41, 5.74) is 1.75. The molecule has 2 aromatic rings. The topological polar surface area (TPSA) is 86.3 Å². The third-order valence-corrected chi connectivity index (χ3v) is 4.19. The molecule has 0 aliphatic heterocycles. The lowest BCUT2D eigenvalue weighted by atomic mass is 10.1. The smallest absolute Gasteiger partial charge is 0.264 e. The van der Waals surface area contributed by atoms with E-state index in [0.717, 1.165) is 5.56 Å². The van der Waals surface area contributed by atoms with Crippen molar-refractivity contribution in [1.29, 1.82) is 10.5 Å². The van der Waals surface area contributed by atoms with Gasteiger partial charge < -0.3 is 14.4 Å². The number of halogens is 1. The Morgan fingerprint density at radius 3 is 2.55 bits per heavy atom. The largest absolute Gasteiger partial charge is 0.490 e. The van der Waals surface area contributed by atoms with E-state index in [1.807, 2.05) is 19.1 Å². The Hall–Kier alpha value is -3.48. The van der Waals surface area contributed by atoms with Crippen LogP contribution in [0.15, 0.2) is 42.0 Å². The molecule has 0 spiro atoms. The highest BCUT2D eigenvalue weighted by molar-refractivity contribution is 6.32. The molecular weight excluding hydrogens is 390 g/mol. The number of benzene rings is 2. The molecule has 0 aliphatic carbocycles. The molecule has 0 heterocycles. The first-order valence-electron chi connectivity index (χ1n) is 8.81. The highest BCUT2D eigenvalue weighted by Crippen LogP contribution is 2.38. The molecule has 0 N–H and O–H groups in total. The summed E-state index contributed by atoms with van der Waals surface area (Å²) >= 11 is 6.40. The second kappa shape index (κ2) is 10.2. The van der Waals surface area contributed by atoms with E-state index in [9.17, 15) is 15.3 Å². The van der Waals surface area contributed by atoms with Crippen molar-refractivity contribution in [2.45, 2.75) is 13.5 Å². The second-order valence-corrected chi connectivity index (χ2v) is 6.60. The number of likely N-dealkylation sites (N-methyl/N-ethyl adjacent to an activating group) is 1. The molecule has 0 unspecified atom stereocenters. The fourth-order valence-corrected chi connectivity index (χ4v) is 2.80. The number of ether oxygens (including phenoxy) is 2. The van der Waals surface area contributed by atoms with Crippen LogP contribution in [0.4, 0.5) is 0 Å². The molecule has 2 aromatic carbocycles. The zero-order valence-corrected chi connectivity index (χ0v) is 17.2. The summed E-state index contributed by atoms with van der Waals surface area (Å²) in [7, 11) is 3.14. The van der Waals surface area contributed by atoms with Crippen molar-refractivity contribution in [3.05, 3.63) is 63.7 Å². The number of carbonyl (C=O) groups excluding carboxylic acids is 1. The van der Waals surface area contributed by atoms with Gasteiger partial charge >= 0.3 is 0 Å². The standard InChI is InChI=1S/C22H20ClN3O3/c1-4-28-20-11-15(9-18(13-25)22(27)26(2)3)10-19(23)21(20)29-14-17-8-6-5-7-16(17)12-24/h5-11H,4,14H2,1-3H3/b18-9-. The SMILES string of the molecule is CCOc1cc(/C=C(/C#N)C(=O)N(C)C)cc(Cl)c1OCc1ccccc1C#N. The van der Waals surface area contributed by atoms with Gasteiger partial charge in [-0.3, -0.25) is 4.79 Å². The quantitative estimate of drug-likeness (QED) is 0.505. The van der Waals surface area contributed by atoms with Gasteiger partial charge in [0.15, 0.2) is 11.5 Å². The van der Waals surface area contributed by atoms with Crippen molar-refractivity contribution in [3.8, 4) is 23.6 Å². The first-order valence-corrected chi connectivity index (χ1v) is 9.19. The molecule has 0 atom stereocenters. The predicted molar refractivity (Wildman–Crippen MR) is 110 cm³/mol. The lowest BCUT2D eigenvalue weighted by molar-refractivity contribution is -0.124. The summed E-state index contributed by atoms with van der Waals surface area (Å²) in [6.07, 6.45) is 1.45. The molecule has 148 valence electrons. The summed E-state index contributed by atoms with van der Waals surface area (Å²) in [6, 6.07) is 14.4. The van der Waals surface area contributed by atoms with Crippen LogP contribution in [-0.2, 0) is 11.4 Å². The molecule has 0 saturated heterocycles. The molecule has 1 amide bonds. The maximum absolute atomic E-state index is 12.1. The number of amides is 1. The van der Waals surface area contributed by atoms with Crippen LogP contribution in [0, 0.1) is 22.7 Å². The third kappa shape index (κ3) is 5.51. The number of hydrogen-bond donors (Lipinski definition) is 0. The number of nitrogens with zero attached hydrogens (tertiary/aromatic N) is 3. The van der Waals surface area contributed by atoms with E-state index >= 15 is 0 Å². The average molecular weight is 410 g/mol. The van der Waals surface area contributed by atoms with Gasteiger partial charge in [0.05, 0.1) is 23.3 Å². The van der Waals surface area contributed by atoms with E-state index in [0.29, 0.717) is 29.2 Å². The van der Waals surface area contributed by atoms with Crippen molar-refractivity contribution in [1.82, 2.24) is 4.90 Å². The molecule has 0 fully saturated rings. The minimum atomic E-state index is -0.407. The van der Waals surface area contributed by atoms with Crippen LogP contribution in [0.2, 0.25) is 5.02 Å². The van der Waals surface area contributed by atoms with E-state index < -0.39 is 5.91 Å². The lowest BCUT2D eigenvalue weighted by Crippen LogP contribution is -2.22. The molecule has 0 aliphatic rings. The Morgan fingerprint density at radius 2 is 1.93 bits per heavy atom. The van der Waals surface area contributed by atoms with Crippen LogP contribution in [0.5, 0.6) is 11.5 Å². The summed E-state index contributed by atoms with van der Waals surface area (Å²) in [6.45, 7) is 2.33. The highest BCUT2D eigenvalue weighted by Gasteiger charge is 2.16. The maximum Gasteiger partial charge on any atom is 0.264 e. The normalized spacial score (nSPS) is 10.6. The van der Waals surface area contributed by atoms with Crippen molar-refractivity contribution in [2.75, 3.05) is 20.7 Å². The van der Waals surface area contributed by atoms with Crippen LogP contribution in [0.1, 0.15) is 23.6 Å². The second-order valence-electron chi connectivity index (χ2n) is 6.19. The van der Waals surface area contributed by atoms with Gasteiger partial charge in [0.1, 0.15) is 18.2 Å². The fourth-order valence-electron chi connectivity index (χ4n) is 2.53. The van der Waals surface area contributed by atoms with Gasteiger partial charge in [-0.15, -0.1) is 0 Å². The van der Waals surface area contributed by atoms with Crippen LogP contribution < -0.4 is 9.47 Å². The maximum atomic E-state index is 12.1. The molecule has 0 aromatic heterocycles. The van der Waals surface area contributed by atoms with E-state index in [1.54, 1.807) is 44.4 Å². The van der Waals surface area contributed by atoms with Crippen LogP contribution in [0.25, 0.3) is 6.08 Å². The molecule has 7 heteroatoms. The van der Waals surface area contributed by atoms with Crippen molar-refractivity contribution in [3.63, 3.8) is 0 Å². The van der Waals surface area contributed by atoms with E-state index in [-0.39, 0.29) is 17.2 Å². The van der Waals surface area contributed by atoms with Gasteiger partial charge in [0.2, 0.25) is 0 Å². The van der Waals surface area contributed by atoms with Crippen LogP contribution >= 0.6 is 11.6 Å². The molecule has 0 bridgehead atoms. The molecule has 29 heavy (non-hydrogen) atoms. The Bertz CT molecular complexity index is 1020. The molecule has 2 rings (SSSR count). The Labute approximate surface area is 175 Å². The highest BCUT2D eigenvalue weighted by atomic mass is 35.5. The van der Waals surface area contributed by atoms with E-state index in [1.165, 1.54) is 11.0 Å². The predicted octanol–water partition coefficient (Wildman–Crippen LogP) is 4.18. The Balaban J connectivity index is 2.39. The van der Waals surface area contributed by atoms with Gasteiger partial charge in [0.25, 0.3) is 5.91 Å². The van der Waals surface area contributed by atoms with E-state index in [4.69, 9.17) is 21.1 Å². The van der Waals surface area contributed by atoms with Crippen molar-refractivity contribution < 1.29 is 14.3 Å². The molecular formula is C22H20ClN3O3. The van der Waals surface area contributed by atoms with Gasteiger partial charge in [-0.25, -0.2) is 0 Å². The third-order valence-electron chi connectivity index (χ3n) is 3.91. The number of hydrogen-bond acceptors (Lipinski definition) is 5. The summed E-state index contributed by atoms with van der Waals surface area (Å²) in [5.74, 6) is 0.307. The monoisotopic (exact) mass is 409 g/mol. The van der Waals surface area contributed by atoms with E-state index in [2.05, 4.69) is 6.07 Å². The van der Waals surface area contributed by atoms with Crippen molar-refractivity contribution >= 4 is 23.6 Å². The molecule has 6 nitrogen and oxygen atoms in total. The average Bonchev–Trinajstić information content (AvgIpc) is 2.71. The van der Waals surface area contributed by atoms with Crippen molar-refractivity contribution in [2.24, 2.45) is 0 Å².